The van der Waals surface area contributed by atoms with Crippen LogP contribution in [0.2, 0.25) is 0 Å². The van der Waals surface area contributed by atoms with Crippen molar-refractivity contribution in [2.75, 3.05) is 32.8 Å². The molecule has 0 heterocycles. The molecule has 0 bridgehead atoms. The molecule has 3 N–H and O–H groups in total. The van der Waals surface area contributed by atoms with E-state index in [9.17, 15) is 4.79 Å². The van der Waals surface area contributed by atoms with Crippen LogP contribution in [0.3, 0.4) is 0 Å². The molecule has 1 aromatic carbocycles. The molecule has 0 aliphatic heterocycles. The first-order valence-electron chi connectivity index (χ1n) is 10.1. The van der Waals surface area contributed by atoms with Crippen LogP contribution in [0.15, 0.2) is 23.2 Å². The van der Waals surface area contributed by atoms with E-state index in [1.165, 1.54) is 0 Å². The predicted octanol–water partition coefficient (Wildman–Crippen LogP) is 3.49. The lowest BCUT2D eigenvalue weighted by atomic mass is 10.1. The highest BCUT2D eigenvalue weighted by Crippen LogP contribution is 2.30. The molecule has 1 aromatic rings. The van der Waals surface area contributed by atoms with E-state index in [1.54, 1.807) is 0 Å². The summed E-state index contributed by atoms with van der Waals surface area (Å²) in [6.07, 6.45) is 0. The van der Waals surface area contributed by atoms with Crippen molar-refractivity contribution in [3.63, 3.8) is 0 Å². The van der Waals surface area contributed by atoms with E-state index in [2.05, 4.69) is 27.9 Å². The molecular formula is C21H37IN4O3. The number of ether oxygens (including phenoxy) is 2. The number of nitrogens with one attached hydrogen (secondary N) is 3. The minimum Gasteiger partial charge on any atom is -0.490 e. The van der Waals surface area contributed by atoms with Gasteiger partial charge < -0.3 is 25.4 Å². The van der Waals surface area contributed by atoms with Gasteiger partial charge in [0.2, 0.25) is 5.91 Å². The van der Waals surface area contributed by atoms with Gasteiger partial charge in [-0.25, -0.2) is 0 Å². The number of hydrogen-bond donors (Lipinski definition) is 3. The van der Waals surface area contributed by atoms with E-state index in [0.717, 1.165) is 23.6 Å². The Morgan fingerprint density at radius 1 is 1.03 bits per heavy atom. The Hall–Kier alpha value is -1.71. The first-order chi connectivity index (χ1) is 13.4. The fourth-order valence-corrected chi connectivity index (χ4v) is 2.50. The van der Waals surface area contributed by atoms with Crippen LogP contribution in [-0.4, -0.2) is 44.7 Å². The van der Waals surface area contributed by atoms with Gasteiger partial charge in [-0.05, 0) is 45.4 Å². The van der Waals surface area contributed by atoms with Crippen LogP contribution in [0.5, 0.6) is 11.5 Å². The molecule has 0 spiro atoms. The van der Waals surface area contributed by atoms with E-state index in [1.807, 2.05) is 52.8 Å². The standard InChI is InChI=1S/C21H36N4O3.HI/c1-7-22-21(24-13-12-23-20(26)15(4)5)25-16(6)17-10-11-18(27-8-2)19(14-17)28-9-3;/h10-11,14-16H,7-9,12-13H2,1-6H3,(H,23,26)(H2,22,24,25);1H. The average Bonchev–Trinajstić information content (AvgIpc) is 2.66. The van der Waals surface area contributed by atoms with Gasteiger partial charge in [-0.1, -0.05) is 19.9 Å². The summed E-state index contributed by atoms with van der Waals surface area (Å²) in [6, 6.07) is 5.99. The van der Waals surface area contributed by atoms with Crippen LogP contribution >= 0.6 is 24.0 Å². The number of carbonyl (C=O) groups excluding carboxylic acids is 1. The van der Waals surface area contributed by atoms with Crippen LogP contribution in [0, 0.1) is 5.92 Å². The molecule has 1 unspecified atom stereocenters. The number of rotatable bonds is 11. The van der Waals surface area contributed by atoms with Crippen molar-refractivity contribution in [2.45, 2.75) is 47.6 Å². The van der Waals surface area contributed by atoms with E-state index in [-0.39, 0.29) is 41.8 Å². The lowest BCUT2D eigenvalue weighted by Gasteiger charge is -2.20. The zero-order valence-electron chi connectivity index (χ0n) is 18.5. The summed E-state index contributed by atoms with van der Waals surface area (Å²) >= 11 is 0. The highest BCUT2D eigenvalue weighted by atomic mass is 127. The number of nitrogens with zero attached hydrogens (tertiary/aromatic N) is 1. The Morgan fingerprint density at radius 3 is 2.28 bits per heavy atom. The quantitative estimate of drug-likeness (QED) is 0.180. The van der Waals surface area contributed by atoms with Gasteiger partial charge >= 0.3 is 0 Å². The number of amides is 1. The largest absolute Gasteiger partial charge is 0.490 e. The smallest absolute Gasteiger partial charge is 0.222 e. The molecule has 1 rings (SSSR count). The van der Waals surface area contributed by atoms with E-state index < -0.39 is 0 Å². The Morgan fingerprint density at radius 2 is 1.69 bits per heavy atom. The average molecular weight is 520 g/mol. The van der Waals surface area contributed by atoms with Gasteiger partial charge in [0.1, 0.15) is 0 Å². The molecule has 0 radical (unpaired) electrons. The lowest BCUT2D eigenvalue weighted by molar-refractivity contribution is -0.123. The van der Waals surface area contributed by atoms with E-state index >= 15 is 0 Å². The van der Waals surface area contributed by atoms with Crippen molar-refractivity contribution >= 4 is 35.8 Å². The van der Waals surface area contributed by atoms with Crippen LogP contribution in [0.1, 0.15) is 53.1 Å². The second-order valence-corrected chi connectivity index (χ2v) is 6.64. The molecule has 166 valence electrons. The molecule has 1 amide bonds. The lowest BCUT2D eigenvalue weighted by Crippen LogP contribution is -2.39. The maximum Gasteiger partial charge on any atom is 0.222 e. The monoisotopic (exact) mass is 520 g/mol. The number of halogens is 1. The van der Waals surface area contributed by atoms with E-state index in [0.29, 0.717) is 32.3 Å². The van der Waals surface area contributed by atoms with Crippen LogP contribution in [0.25, 0.3) is 0 Å². The summed E-state index contributed by atoms with van der Waals surface area (Å²) in [4.78, 5) is 16.2. The normalized spacial score (nSPS) is 12.0. The van der Waals surface area contributed by atoms with Gasteiger partial charge in [0, 0.05) is 19.0 Å². The van der Waals surface area contributed by atoms with E-state index in [4.69, 9.17) is 9.47 Å². The molecule has 0 aliphatic rings. The summed E-state index contributed by atoms with van der Waals surface area (Å²) in [7, 11) is 0. The first kappa shape index (κ1) is 27.3. The van der Waals surface area contributed by atoms with Gasteiger partial charge in [0.15, 0.2) is 17.5 Å². The summed E-state index contributed by atoms with van der Waals surface area (Å²) < 4.78 is 11.3. The third-order valence-electron chi connectivity index (χ3n) is 3.97. The van der Waals surface area contributed by atoms with Crippen molar-refractivity contribution in [3.05, 3.63) is 23.8 Å². The predicted molar refractivity (Wildman–Crippen MR) is 130 cm³/mol. The number of guanidine groups is 1. The zero-order chi connectivity index (χ0) is 20.9. The Labute approximate surface area is 192 Å². The van der Waals surface area contributed by atoms with Gasteiger partial charge in [0.25, 0.3) is 0 Å². The zero-order valence-corrected chi connectivity index (χ0v) is 20.8. The Balaban J connectivity index is 0.00000784. The molecule has 0 saturated heterocycles. The molecule has 29 heavy (non-hydrogen) atoms. The molecule has 1 atom stereocenters. The molecule has 0 fully saturated rings. The van der Waals surface area contributed by atoms with Gasteiger partial charge in [0.05, 0.1) is 25.8 Å². The number of carbonyl (C=O) groups is 1. The summed E-state index contributed by atoms with van der Waals surface area (Å²) in [5.41, 5.74) is 1.07. The summed E-state index contributed by atoms with van der Waals surface area (Å²) in [5, 5.41) is 9.50. The van der Waals surface area contributed by atoms with Gasteiger partial charge in [-0.3, -0.25) is 9.79 Å². The summed E-state index contributed by atoms with van der Waals surface area (Å²) in [6.45, 7) is 14.7. The molecule has 8 heteroatoms. The second-order valence-electron chi connectivity index (χ2n) is 6.64. The molecular weight excluding hydrogens is 483 g/mol. The number of benzene rings is 1. The molecule has 0 aliphatic carbocycles. The Bertz CT molecular complexity index is 638. The SMILES string of the molecule is CCNC(=NCCNC(=O)C(C)C)NC(C)c1ccc(OCC)c(OCC)c1.I. The minimum absolute atomic E-state index is 0. The number of hydrogen-bond acceptors (Lipinski definition) is 4. The third kappa shape index (κ3) is 10.0. The maximum atomic E-state index is 11.6. The second kappa shape index (κ2) is 15.2. The van der Waals surface area contributed by atoms with Gasteiger partial charge in [-0.2, -0.15) is 0 Å². The van der Waals surface area contributed by atoms with Crippen molar-refractivity contribution in [1.82, 2.24) is 16.0 Å². The van der Waals surface area contributed by atoms with Crippen LogP contribution < -0.4 is 25.4 Å². The van der Waals surface area contributed by atoms with Crippen molar-refractivity contribution in [2.24, 2.45) is 10.9 Å². The highest BCUT2D eigenvalue weighted by Gasteiger charge is 2.12. The van der Waals surface area contributed by atoms with Crippen molar-refractivity contribution in [3.8, 4) is 11.5 Å². The fraction of sp³-hybridized carbons (Fsp3) is 0.619. The Kier molecular flexibility index (Phi) is 14.3. The minimum atomic E-state index is -0.0189. The van der Waals surface area contributed by atoms with Crippen LogP contribution in [-0.2, 0) is 4.79 Å². The fourth-order valence-electron chi connectivity index (χ4n) is 2.50. The number of aliphatic imine (C=N–C) groups is 1. The highest BCUT2D eigenvalue weighted by molar-refractivity contribution is 14.0. The molecule has 7 nitrogen and oxygen atoms in total. The van der Waals surface area contributed by atoms with Crippen molar-refractivity contribution < 1.29 is 14.3 Å². The maximum absolute atomic E-state index is 11.6. The molecule has 0 saturated carbocycles. The van der Waals surface area contributed by atoms with Crippen molar-refractivity contribution in [1.29, 1.82) is 0 Å². The topological polar surface area (TPSA) is 84.0 Å². The molecule has 0 aromatic heterocycles. The van der Waals surface area contributed by atoms with Crippen LogP contribution in [0.4, 0.5) is 0 Å². The summed E-state index contributed by atoms with van der Waals surface area (Å²) in [5.74, 6) is 2.23. The first-order valence-corrected chi connectivity index (χ1v) is 10.1. The van der Waals surface area contributed by atoms with Gasteiger partial charge in [-0.15, -0.1) is 24.0 Å². The third-order valence-corrected chi connectivity index (χ3v) is 3.97.